The summed E-state index contributed by atoms with van der Waals surface area (Å²) in [5.41, 5.74) is -1.25. The molecule has 1 aromatic heterocycles. The van der Waals surface area contributed by atoms with Crippen molar-refractivity contribution in [3.05, 3.63) is 48.0 Å². The number of nitrogens with one attached hydrogen (secondary N) is 1. The molecule has 0 aliphatic carbocycles. The maximum atomic E-state index is 13.3. The van der Waals surface area contributed by atoms with Gasteiger partial charge in [0, 0.05) is 17.4 Å². The number of carbonyl (C=O) groups excluding carboxylic acids is 1. The standard InChI is InChI=1S/C19H25FN2O4S/c1-18(2,3)21-27(24,25)15-11-12-22(14-9-7-13(20)8-10-14)16(15)17(23)26-19(4,5)6/h7-12,21H,1-6H3. The van der Waals surface area contributed by atoms with Gasteiger partial charge in [-0.1, -0.05) is 0 Å². The van der Waals surface area contributed by atoms with Crippen molar-refractivity contribution in [2.75, 3.05) is 0 Å². The first-order valence-electron chi connectivity index (χ1n) is 8.44. The first-order valence-corrected chi connectivity index (χ1v) is 9.92. The zero-order chi connectivity index (χ0) is 20.6. The fourth-order valence-corrected chi connectivity index (χ4v) is 4.02. The number of ether oxygens (including phenoxy) is 1. The number of benzene rings is 1. The molecular weight excluding hydrogens is 371 g/mol. The highest BCUT2D eigenvalue weighted by atomic mass is 32.2. The highest BCUT2D eigenvalue weighted by molar-refractivity contribution is 7.89. The molecule has 0 fully saturated rings. The van der Waals surface area contributed by atoms with Crippen LogP contribution in [-0.2, 0) is 14.8 Å². The molecule has 0 spiro atoms. The van der Waals surface area contributed by atoms with Gasteiger partial charge in [-0.05, 0) is 71.9 Å². The molecule has 0 aliphatic rings. The van der Waals surface area contributed by atoms with Gasteiger partial charge in [-0.25, -0.2) is 22.3 Å². The number of aromatic nitrogens is 1. The van der Waals surface area contributed by atoms with E-state index >= 15 is 0 Å². The van der Waals surface area contributed by atoms with Crippen LogP contribution in [0.5, 0.6) is 0 Å². The lowest BCUT2D eigenvalue weighted by atomic mass is 10.1. The van der Waals surface area contributed by atoms with Crippen LogP contribution in [0.25, 0.3) is 5.69 Å². The normalized spacial score (nSPS) is 12.9. The molecule has 2 aromatic rings. The average molecular weight is 396 g/mol. The summed E-state index contributed by atoms with van der Waals surface area (Å²) in [4.78, 5) is 12.6. The largest absolute Gasteiger partial charge is 0.455 e. The Morgan fingerprint density at radius 1 is 1.04 bits per heavy atom. The molecule has 27 heavy (non-hydrogen) atoms. The van der Waals surface area contributed by atoms with E-state index in [1.807, 2.05) is 0 Å². The molecule has 0 bridgehead atoms. The van der Waals surface area contributed by atoms with Crippen LogP contribution < -0.4 is 4.72 Å². The minimum absolute atomic E-state index is 0.145. The van der Waals surface area contributed by atoms with Crippen LogP contribution in [-0.4, -0.2) is 30.1 Å². The van der Waals surface area contributed by atoms with E-state index in [0.29, 0.717) is 5.69 Å². The van der Waals surface area contributed by atoms with Crippen molar-refractivity contribution >= 4 is 16.0 Å². The van der Waals surface area contributed by atoms with E-state index in [-0.39, 0.29) is 10.6 Å². The summed E-state index contributed by atoms with van der Waals surface area (Å²) in [7, 11) is -3.99. The topological polar surface area (TPSA) is 77.4 Å². The lowest BCUT2D eigenvalue weighted by Crippen LogP contribution is -2.41. The van der Waals surface area contributed by atoms with Gasteiger partial charge in [0.05, 0.1) is 0 Å². The molecule has 0 amide bonds. The predicted molar refractivity (Wildman–Crippen MR) is 101 cm³/mol. The number of esters is 1. The van der Waals surface area contributed by atoms with E-state index in [1.165, 1.54) is 41.1 Å². The molecule has 0 saturated carbocycles. The third-order valence-electron chi connectivity index (χ3n) is 3.28. The number of halogens is 1. The number of carbonyl (C=O) groups is 1. The van der Waals surface area contributed by atoms with E-state index in [9.17, 15) is 17.6 Å². The maximum absolute atomic E-state index is 13.3. The third kappa shape index (κ3) is 5.40. The number of rotatable bonds is 4. The van der Waals surface area contributed by atoms with Crippen molar-refractivity contribution in [3.63, 3.8) is 0 Å². The summed E-state index contributed by atoms with van der Waals surface area (Å²) in [6.07, 6.45) is 1.45. The van der Waals surface area contributed by atoms with Crippen LogP contribution in [0.4, 0.5) is 4.39 Å². The Labute approximate surface area is 159 Å². The van der Waals surface area contributed by atoms with Gasteiger partial charge in [0.1, 0.15) is 16.3 Å². The summed E-state index contributed by atoms with van der Waals surface area (Å²) in [6.45, 7) is 10.2. The van der Waals surface area contributed by atoms with E-state index in [2.05, 4.69) is 4.72 Å². The first kappa shape index (κ1) is 21.1. The second-order valence-corrected chi connectivity index (χ2v) is 9.88. The molecule has 1 aromatic carbocycles. The fourth-order valence-electron chi connectivity index (χ4n) is 2.43. The lowest BCUT2D eigenvalue weighted by Gasteiger charge is -2.23. The summed E-state index contributed by atoms with van der Waals surface area (Å²) in [5, 5.41) is 0. The van der Waals surface area contributed by atoms with Gasteiger partial charge in [-0.2, -0.15) is 0 Å². The van der Waals surface area contributed by atoms with Gasteiger partial charge in [0.15, 0.2) is 5.69 Å². The molecule has 0 saturated heterocycles. The van der Waals surface area contributed by atoms with Gasteiger partial charge in [-0.15, -0.1) is 0 Å². The van der Waals surface area contributed by atoms with Gasteiger partial charge in [0.2, 0.25) is 10.0 Å². The summed E-state index contributed by atoms with van der Waals surface area (Å²) in [6, 6.07) is 6.70. The van der Waals surface area contributed by atoms with Crippen molar-refractivity contribution in [2.24, 2.45) is 0 Å². The van der Waals surface area contributed by atoms with E-state index in [0.717, 1.165) is 0 Å². The molecule has 2 rings (SSSR count). The molecule has 0 radical (unpaired) electrons. The van der Waals surface area contributed by atoms with Crippen LogP contribution in [0, 0.1) is 5.82 Å². The quantitative estimate of drug-likeness (QED) is 0.801. The van der Waals surface area contributed by atoms with Crippen LogP contribution >= 0.6 is 0 Å². The molecule has 148 valence electrons. The molecule has 8 heteroatoms. The van der Waals surface area contributed by atoms with E-state index < -0.39 is 32.9 Å². The van der Waals surface area contributed by atoms with Crippen LogP contribution in [0.15, 0.2) is 41.4 Å². The van der Waals surface area contributed by atoms with Crippen molar-refractivity contribution in [2.45, 2.75) is 57.6 Å². The Balaban J connectivity index is 2.65. The summed E-state index contributed by atoms with van der Waals surface area (Å²) in [5.74, 6) is -1.22. The number of hydrogen-bond acceptors (Lipinski definition) is 4. The summed E-state index contributed by atoms with van der Waals surface area (Å²) >= 11 is 0. The minimum atomic E-state index is -3.99. The van der Waals surface area contributed by atoms with Gasteiger partial charge >= 0.3 is 5.97 Å². The van der Waals surface area contributed by atoms with Crippen LogP contribution in [0.2, 0.25) is 0 Å². The number of nitrogens with zero attached hydrogens (tertiary/aromatic N) is 1. The fraction of sp³-hybridized carbons (Fsp3) is 0.421. The second-order valence-electron chi connectivity index (χ2n) is 8.23. The second kappa shape index (κ2) is 7.09. The SMILES string of the molecule is CC(C)(C)NS(=O)(=O)c1ccn(-c2ccc(F)cc2)c1C(=O)OC(C)(C)C. The zero-order valence-electron chi connectivity index (χ0n) is 16.3. The smallest absolute Gasteiger partial charge is 0.357 e. The number of hydrogen-bond donors (Lipinski definition) is 1. The van der Waals surface area contributed by atoms with Gasteiger partial charge in [0.25, 0.3) is 0 Å². The molecule has 6 nitrogen and oxygen atoms in total. The molecule has 1 heterocycles. The Bertz CT molecular complexity index is 934. The average Bonchev–Trinajstić information content (AvgIpc) is 2.89. The van der Waals surface area contributed by atoms with Crippen molar-refractivity contribution in [1.82, 2.24) is 9.29 Å². The van der Waals surface area contributed by atoms with E-state index in [4.69, 9.17) is 4.74 Å². The monoisotopic (exact) mass is 396 g/mol. The maximum Gasteiger partial charge on any atom is 0.357 e. The number of sulfonamides is 1. The molecule has 1 N–H and O–H groups in total. The van der Waals surface area contributed by atoms with Crippen molar-refractivity contribution in [1.29, 1.82) is 0 Å². The Morgan fingerprint density at radius 3 is 2.07 bits per heavy atom. The highest BCUT2D eigenvalue weighted by Crippen LogP contribution is 2.25. The van der Waals surface area contributed by atoms with Crippen molar-refractivity contribution < 1.29 is 22.3 Å². The third-order valence-corrected chi connectivity index (χ3v) is 5.07. The Kier molecular flexibility index (Phi) is 5.54. The lowest BCUT2D eigenvalue weighted by molar-refractivity contribution is 0.00559. The Hall–Kier alpha value is -2.19. The van der Waals surface area contributed by atoms with E-state index in [1.54, 1.807) is 41.5 Å². The molecular formula is C19H25FN2O4S. The van der Waals surface area contributed by atoms with Crippen LogP contribution in [0.1, 0.15) is 52.0 Å². The molecule has 0 aliphatic heterocycles. The highest BCUT2D eigenvalue weighted by Gasteiger charge is 2.32. The molecule has 0 atom stereocenters. The predicted octanol–water partition coefficient (Wildman–Crippen LogP) is 3.65. The zero-order valence-corrected chi connectivity index (χ0v) is 17.1. The minimum Gasteiger partial charge on any atom is -0.455 e. The van der Waals surface area contributed by atoms with Gasteiger partial charge in [-0.3, -0.25) is 0 Å². The first-order chi connectivity index (χ1) is 12.2. The molecule has 0 unspecified atom stereocenters. The Morgan fingerprint density at radius 2 is 1.59 bits per heavy atom. The van der Waals surface area contributed by atoms with Crippen LogP contribution in [0.3, 0.4) is 0 Å². The van der Waals surface area contributed by atoms with Crippen molar-refractivity contribution in [3.8, 4) is 5.69 Å². The summed E-state index contributed by atoms with van der Waals surface area (Å²) < 4.78 is 48.3. The van der Waals surface area contributed by atoms with Gasteiger partial charge < -0.3 is 9.30 Å².